The highest BCUT2D eigenvalue weighted by atomic mass is 15.1. The predicted molar refractivity (Wildman–Crippen MR) is 70.2 cm³/mol. The quantitative estimate of drug-likeness (QED) is 0.448. The number of nitrogens with one attached hydrogen (secondary N) is 1. The summed E-state index contributed by atoms with van der Waals surface area (Å²) in [5, 5.41) is 3.37. The molecule has 0 aromatic heterocycles. The summed E-state index contributed by atoms with van der Waals surface area (Å²) in [4.78, 5) is 7.85. The number of benzene rings is 1. The van der Waals surface area contributed by atoms with Gasteiger partial charge in [0.25, 0.3) is 0 Å². The van der Waals surface area contributed by atoms with Crippen molar-refractivity contribution in [2.24, 2.45) is 27.2 Å². The van der Waals surface area contributed by atoms with E-state index in [1.54, 1.807) is 0 Å². The van der Waals surface area contributed by atoms with Crippen molar-refractivity contribution < 1.29 is 0 Å². The molecule has 0 atom stereocenters. The molecule has 1 aromatic rings. The standard InChI is InChI=1S/C11H16N6/c12-10(13)17-11(14)16-9-4-2-1-3-8(9)15-7-5-6-7/h1-4,7,15H,5-6H2,(H6,12,13,14,16,17). The molecule has 0 amide bonds. The second kappa shape index (κ2) is 4.73. The Morgan fingerprint density at radius 3 is 2.53 bits per heavy atom. The summed E-state index contributed by atoms with van der Waals surface area (Å²) in [5.41, 5.74) is 17.7. The van der Waals surface area contributed by atoms with Gasteiger partial charge in [0.2, 0.25) is 5.96 Å². The molecule has 1 aliphatic rings. The summed E-state index contributed by atoms with van der Waals surface area (Å²) in [7, 11) is 0. The van der Waals surface area contributed by atoms with E-state index >= 15 is 0 Å². The van der Waals surface area contributed by atoms with Gasteiger partial charge in [-0.2, -0.15) is 4.99 Å². The molecule has 6 nitrogen and oxygen atoms in total. The lowest BCUT2D eigenvalue weighted by atomic mass is 10.2. The van der Waals surface area contributed by atoms with Crippen LogP contribution < -0.4 is 22.5 Å². The Bertz CT molecular complexity index is 457. The Labute approximate surface area is 99.6 Å². The molecule has 0 radical (unpaired) electrons. The van der Waals surface area contributed by atoms with E-state index in [0.29, 0.717) is 6.04 Å². The van der Waals surface area contributed by atoms with Crippen molar-refractivity contribution in [1.29, 1.82) is 0 Å². The number of anilines is 1. The van der Waals surface area contributed by atoms with Gasteiger partial charge in [-0.05, 0) is 25.0 Å². The van der Waals surface area contributed by atoms with Gasteiger partial charge in [-0.3, -0.25) is 0 Å². The van der Waals surface area contributed by atoms with Crippen molar-refractivity contribution in [1.82, 2.24) is 0 Å². The maximum absolute atomic E-state index is 5.60. The minimum atomic E-state index is -0.0983. The zero-order valence-electron chi connectivity index (χ0n) is 9.43. The van der Waals surface area contributed by atoms with Crippen molar-refractivity contribution in [2.75, 3.05) is 5.32 Å². The molecule has 1 aliphatic carbocycles. The minimum absolute atomic E-state index is 0.0510. The third-order valence-electron chi connectivity index (χ3n) is 2.32. The Morgan fingerprint density at radius 1 is 1.18 bits per heavy atom. The van der Waals surface area contributed by atoms with Gasteiger partial charge in [0, 0.05) is 6.04 Å². The molecule has 7 N–H and O–H groups in total. The lowest BCUT2D eigenvalue weighted by molar-refractivity contribution is 1.15. The van der Waals surface area contributed by atoms with Crippen LogP contribution in [0.1, 0.15) is 12.8 Å². The first-order chi connectivity index (χ1) is 8.15. The number of para-hydroxylation sites is 2. The van der Waals surface area contributed by atoms with E-state index in [1.165, 1.54) is 12.8 Å². The fourth-order valence-corrected chi connectivity index (χ4v) is 1.42. The van der Waals surface area contributed by atoms with Crippen LogP contribution in [-0.2, 0) is 0 Å². The second-order valence-electron chi connectivity index (χ2n) is 3.94. The van der Waals surface area contributed by atoms with Crippen LogP contribution in [0.3, 0.4) is 0 Å². The average molecular weight is 232 g/mol. The molecular weight excluding hydrogens is 216 g/mol. The Kier molecular flexibility index (Phi) is 3.13. The highest BCUT2D eigenvalue weighted by Gasteiger charge is 2.21. The van der Waals surface area contributed by atoms with E-state index in [4.69, 9.17) is 17.2 Å². The summed E-state index contributed by atoms with van der Waals surface area (Å²) < 4.78 is 0. The number of rotatable bonds is 3. The fourth-order valence-electron chi connectivity index (χ4n) is 1.42. The number of nitrogens with zero attached hydrogens (tertiary/aromatic N) is 2. The highest BCUT2D eigenvalue weighted by molar-refractivity contribution is 5.94. The maximum Gasteiger partial charge on any atom is 0.223 e. The Balaban J connectivity index is 2.21. The number of hydrogen-bond acceptors (Lipinski definition) is 2. The number of hydrogen-bond donors (Lipinski definition) is 4. The third-order valence-corrected chi connectivity index (χ3v) is 2.32. The Morgan fingerprint density at radius 2 is 1.88 bits per heavy atom. The Hall–Kier alpha value is -2.24. The normalized spacial score (nSPS) is 15.4. The van der Waals surface area contributed by atoms with E-state index in [0.717, 1.165) is 11.4 Å². The van der Waals surface area contributed by atoms with Crippen LogP contribution in [0.2, 0.25) is 0 Å². The first kappa shape index (κ1) is 11.3. The molecule has 90 valence electrons. The van der Waals surface area contributed by atoms with Crippen molar-refractivity contribution in [3.63, 3.8) is 0 Å². The van der Waals surface area contributed by atoms with E-state index < -0.39 is 0 Å². The third kappa shape index (κ3) is 3.37. The van der Waals surface area contributed by atoms with Gasteiger partial charge < -0.3 is 22.5 Å². The number of aliphatic imine (C=N–C) groups is 2. The van der Waals surface area contributed by atoms with Gasteiger partial charge in [-0.25, -0.2) is 4.99 Å². The molecule has 0 saturated heterocycles. The summed E-state index contributed by atoms with van der Waals surface area (Å²) in [5.74, 6) is -0.0473. The number of guanidine groups is 2. The second-order valence-corrected chi connectivity index (χ2v) is 3.94. The van der Waals surface area contributed by atoms with Crippen LogP contribution in [0.15, 0.2) is 34.3 Å². The summed E-state index contributed by atoms with van der Waals surface area (Å²) in [6, 6.07) is 8.20. The minimum Gasteiger partial charge on any atom is -0.381 e. The molecule has 17 heavy (non-hydrogen) atoms. The van der Waals surface area contributed by atoms with E-state index in [1.807, 2.05) is 24.3 Å². The lowest BCUT2D eigenvalue weighted by Gasteiger charge is -2.07. The summed E-state index contributed by atoms with van der Waals surface area (Å²) >= 11 is 0. The van der Waals surface area contributed by atoms with Crippen molar-refractivity contribution in [2.45, 2.75) is 18.9 Å². The molecule has 0 unspecified atom stereocenters. The molecule has 0 heterocycles. The van der Waals surface area contributed by atoms with Crippen LogP contribution in [0.4, 0.5) is 11.4 Å². The zero-order chi connectivity index (χ0) is 12.3. The van der Waals surface area contributed by atoms with Crippen LogP contribution in [0.5, 0.6) is 0 Å². The maximum atomic E-state index is 5.60. The topological polar surface area (TPSA) is 115 Å². The van der Waals surface area contributed by atoms with Crippen LogP contribution in [-0.4, -0.2) is 18.0 Å². The SMILES string of the molecule is NC(N)=NC(N)=Nc1ccccc1NC1CC1. The first-order valence-corrected chi connectivity index (χ1v) is 5.44. The van der Waals surface area contributed by atoms with Crippen molar-refractivity contribution >= 4 is 23.3 Å². The van der Waals surface area contributed by atoms with Crippen LogP contribution in [0, 0.1) is 0 Å². The lowest BCUT2D eigenvalue weighted by Crippen LogP contribution is -2.26. The fraction of sp³-hybridized carbons (Fsp3) is 0.273. The van der Waals surface area contributed by atoms with E-state index in [9.17, 15) is 0 Å². The molecule has 6 heteroatoms. The highest BCUT2D eigenvalue weighted by Crippen LogP contribution is 2.30. The van der Waals surface area contributed by atoms with Gasteiger partial charge in [0.05, 0.1) is 11.4 Å². The monoisotopic (exact) mass is 232 g/mol. The van der Waals surface area contributed by atoms with Gasteiger partial charge in [0.1, 0.15) is 0 Å². The molecule has 1 saturated carbocycles. The molecule has 0 aliphatic heterocycles. The predicted octanol–water partition coefficient (Wildman–Crippen LogP) is 0.481. The summed E-state index contributed by atoms with van der Waals surface area (Å²) in [6.07, 6.45) is 2.39. The molecule has 1 aromatic carbocycles. The molecule has 1 fully saturated rings. The van der Waals surface area contributed by atoms with Gasteiger partial charge in [-0.15, -0.1) is 0 Å². The molecule has 2 rings (SSSR count). The largest absolute Gasteiger partial charge is 0.381 e. The van der Waals surface area contributed by atoms with Crippen molar-refractivity contribution in [3.8, 4) is 0 Å². The smallest absolute Gasteiger partial charge is 0.223 e. The van der Waals surface area contributed by atoms with Gasteiger partial charge in [0.15, 0.2) is 5.96 Å². The molecule has 0 spiro atoms. The van der Waals surface area contributed by atoms with E-state index in [-0.39, 0.29) is 11.9 Å². The molecule has 0 bridgehead atoms. The zero-order valence-corrected chi connectivity index (χ0v) is 9.43. The number of nitrogens with two attached hydrogens (primary N) is 3. The van der Waals surface area contributed by atoms with Gasteiger partial charge in [-0.1, -0.05) is 12.1 Å². The summed E-state index contributed by atoms with van der Waals surface area (Å²) in [6.45, 7) is 0. The van der Waals surface area contributed by atoms with E-state index in [2.05, 4.69) is 15.3 Å². The molecular formula is C11H16N6. The first-order valence-electron chi connectivity index (χ1n) is 5.44. The van der Waals surface area contributed by atoms with Crippen LogP contribution >= 0.6 is 0 Å². The van der Waals surface area contributed by atoms with Crippen molar-refractivity contribution in [3.05, 3.63) is 24.3 Å². The van der Waals surface area contributed by atoms with Gasteiger partial charge >= 0.3 is 0 Å². The van der Waals surface area contributed by atoms with Crippen LogP contribution in [0.25, 0.3) is 0 Å². The average Bonchev–Trinajstić information content (AvgIpc) is 3.03.